The van der Waals surface area contributed by atoms with Crippen LogP contribution in [0.3, 0.4) is 0 Å². The van der Waals surface area contributed by atoms with Crippen LogP contribution in [0.15, 0.2) is 48.7 Å². The predicted octanol–water partition coefficient (Wildman–Crippen LogP) is 4.64. The molecule has 2 N–H and O–H groups in total. The maximum absolute atomic E-state index is 3.63. The Kier molecular flexibility index (Phi) is 3.80. The van der Waals surface area contributed by atoms with Gasteiger partial charge in [0.2, 0.25) is 0 Å². The van der Waals surface area contributed by atoms with Crippen molar-refractivity contribution < 1.29 is 0 Å². The van der Waals surface area contributed by atoms with E-state index in [2.05, 4.69) is 79.7 Å². The van der Waals surface area contributed by atoms with E-state index in [1.807, 2.05) is 0 Å². The van der Waals surface area contributed by atoms with E-state index in [0.29, 0.717) is 6.04 Å². The van der Waals surface area contributed by atoms with Crippen LogP contribution in [-0.4, -0.2) is 4.98 Å². The van der Waals surface area contributed by atoms with Crippen molar-refractivity contribution in [2.45, 2.75) is 33.4 Å². The van der Waals surface area contributed by atoms with Gasteiger partial charge in [-0.25, -0.2) is 0 Å². The highest BCUT2D eigenvalue weighted by Gasteiger charge is 2.09. The van der Waals surface area contributed by atoms with Crippen LogP contribution < -0.4 is 5.32 Å². The normalized spacial score (nSPS) is 12.7. The first-order valence-corrected chi connectivity index (χ1v) is 7.50. The summed E-state index contributed by atoms with van der Waals surface area (Å²) in [5, 5.41) is 4.94. The summed E-state index contributed by atoms with van der Waals surface area (Å²) in [5.74, 6) is 0. The van der Waals surface area contributed by atoms with Gasteiger partial charge < -0.3 is 10.3 Å². The smallest absolute Gasteiger partial charge is 0.0457 e. The molecule has 3 rings (SSSR count). The average Bonchev–Trinajstić information content (AvgIpc) is 2.88. The molecule has 0 spiro atoms. The fourth-order valence-corrected chi connectivity index (χ4v) is 2.96. The molecule has 0 saturated heterocycles. The van der Waals surface area contributed by atoms with Crippen molar-refractivity contribution in [2.75, 3.05) is 0 Å². The van der Waals surface area contributed by atoms with Gasteiger partial charge in [-0.1, -0.05) is 42.0 Å². The van der Waals surface area contributed by atoms with Crippen LogP contribution in [0.1, 0.15) is 35.2 Å². The first kappa shape index (κ1) is 13.9. The second-order valence-electron chi connectivity index (χ2n) is 5.82. The molecule has 0 aliphatic heterocycles. The lowest BCUT2D eigenvalue weighted by atomic mass is 10.00. The van der Waals surface area contributed by atoms with Gasteiger partial charge >= 0.3 is 0 Å². The number of benzene rings is 2. The lowest BCUT2D eigenvalue weighted by Crippen LogP contribution is -2.18. The zero-order valence-electron chi connectivity index (χ0n) is 12.9. The third kappa shape index (κ3) is 2.86. The summed E-state index contributed by atoms with van der Waals surface area (Å²) in [7, 11) is 0. The standard InChI is InChI=1S/C19H22N2/c1-13-8-9-17(14(2)10-13)15(3)20-11-16-12-21-19-7-5-4-6-18(16)19/h4-10,12,15,20-21H,11H2,1-3H3. The third-order valence-electron chi connectivity index (χ3n) is 4.17. The minimum absolute atomic E-state index is 0.347. The molecule has 0 aliphatic rings. The van der Waals surface area contributed by atoms with Crippen molar-refractivity contribution in [3.8, 4) is 0 Å². The van der Waals surface area contributed by atoms with E-state index in [1.165, 1.54) is 33.2 Å². The van der Waals surface area contributed by atoms with E-state index >= 15 is 0 Å². The van der Waals surface area contributed by atoms with Gasteiger partial charge in [0, 0.05) is 29.7 Å². The molecule has 2 aromatic carbocycles. The van der Waals surface area contributed by atoms with Gasteiger partial charge in [-0.15, -0.1) is 0 Å². The van der Waals surface area contributed by atoms with E-state index in [1.54, 1.807) is 0 Å². The summed E-state index contributed by atoms with van der Waals surface area (Å²) in [5.41, 5.74) is 6.57. The molecule has 1 aromatic heterocycles. The molecule has 1 heterocycles. The Morgan fingerprint density at radius 3 is 2.71 bits per heavy atom. The molecule has 108 valence electrons. The van der Waals surface area contributed by atoms with Crippen LogP contribution in [0.4, 0.5) is 0 Å². The molecule has 3 aromatic rings. The van der Waals surface area contributed by atoms with Gasteiger partial charge in [0.25, 0.3) is 0 Å². The van der Waals surface area contributed by atoms with Gasteiger partial charge in [0.05, 0.1) is 0 Å². The zero-order valence-corrected chi connectivity index (χ0v) is 12.9. The molecule has 21 heavy (non-hydrogen) atoms. The second-order valence-corrected chi connectivity index (χ2v) is 5.82. The summed E-state index contributed by atoms with van der Waals surface area (Å²) in [6.07, 6.45) is 2.10. The molecule has 0 radical (unpaired) electrons. The van der Waals surface area contributed by atoms with Crippen molar-refractivity contribution >= 4 is 10.9 Å². The number of aryl methyl sites for hydroxylation is 2. The number of aromatic nitrogens is 1. The Labute approximate surface area is 126 Å². The fourth-order valence-electron chi connectivity index (χ4n) is 2.96. The van der Waals surface area contributed by atoms with Crippen molar-refractivity contribution in [1.82, 2.24) is 10.3 Å². The number of para-hydroxylation sites is 1. The number of rotatable bonds is 4. The van der Waals surface area contributed by atoms with E-state index in [4.69, 9.17) is 0 Å². The quantitative estimate of drug-likeness (QED) is 0.715. The number of hydrogen-bond donors (Lipinski definition) is 2. The van der Waals surface area contributed by atoms with Gasteiger partial charge in [-0.05, 0) is 43.5 Å². The van der Waals surface area contributed by atoms with Crippen molar-refractivity contribution in [1.29, 1.82) is 0 Å². The summed E-state index contributed by atoms with van der Waals surface area (Å²) in [6.45, 7) is 7.43. The molecule has 0 fully saturated rings. The van der Waals surface area contributed by atoms with Crippen LogP contribution >= 0.6 is 0 Å². The Morgan fingerprint density at radius 1 is 1.10 bits per heavy atom. The summed E-state index contributed by atoms with van der Waals surface area (Å²) < 4.78 is 0. The first-order valence-electron chi connectivity index (χ1n) is 7.50. The van der Waals surface area contributed by atoms with Crippen LogP contribution in [0, 0.1) is 13.8 Å². The molecule has 0 amide bonds. The Hall–Kier alpha value is -2.06. The monoisotopic (exact) mass is 278 g/mol. The fraction of sp³-hybridized carbons (Fsp3) is 0.263. The van der Waals surface area contributed by atoms with Crippen LogP contribution in [0.25, 0.3) is 10.9 Å². The van der Waals surface area contributed by atoms with Gasteiger partial charge in [-0.3, -0.25) is 0 Å². The van der Waals surface area contributed by atoms with Crippen molar-refractivity contribution in [2.24, 2.45) is 0 Å². The Bertz CT molecular complexity index is 755. The van der Waals surface area contributed by atoms with E-state index in [9.17, 15) is 0 Å². The summed E-state index contributed by atoms with van der Waals surface area (Å²) in [4.78, 5) is 3.33. The zero-order chi connectivity index (χ0) is 14.8. The minimum atomic E-state index is 0.347. The number of nitrogens with one attached hydrogen (secondary N) is 2. The van der Waals surface area contributed by atoms with Crippen LogP contribution in [0.2, 0.25) is 0 Å². The molecule has 2 nitrogen and oxygen atoms in total. The minimum Gasteiger partial charge on any atom is -0.361 e. The maximum atomic E-state index is 3.63. The number of aromatic amines is 1. The molecule has 0 aliphatic carbocycles. The van der Waals surface area contributed by atoms with Crippen LogP contribution in [-0.2, 0) is 6.54 Å². The molecule has 0 bridgehead atoms. The molecule has 2 heteroatoms. The molecule has 1 atom stereocenters. The number of hydrogen-bond acceptors (Lipinski definition) is 1. The lowest BCUT2D eigenvalue weighted by Gasteiger charge is -2.17. The second kappa shape index (κ2) is 5.74. The highest BCUT2D eigenvalue weighted by atomic mass is 14.9. The Morgan fingerprint density at radius 2 is 1.90 bits per heavy atom. The van der Waals surface area contributed by atoms with Gasteiger partial charge in [0.15, 0.2) is 0 Å². The average molecular weight is 278 g/mol. The molecule has 1 unspecified atom stereocenters. The topological polar surface area (TPSA) is 27.8 Å². The maximum Gasteiger partial charge on any atom is 0.0457 e. The SMILES string of the molecule is Cc1ccc(C(C)NCc2c[nH]c3ccccc23)c(C)c1. The highest BCUT2D eigenvalue weighted by molar-refractivity contribution is 5.82. The van der Waals surface area contributed by atoms with E-state index < -0.39 is 0 Å². The highest BCUT2D eigenvalue weighted by Crippen LogP contribution is 2.21. The Balaban J connectivity index is 1.75. The largest absolute Gasteiger partial charge is 0.361 e. The summed E-state index contributed by atoms with van der Waals surface area (Å²) in [6, 6.07) is 15.5. The van der Waals surface area contributed by atoms with Crippen molar-refractivity contribution in [3.05, 3.63) is 70.9 Å². The van der Waals surface area contributed by atoms with E-state index in [0.717, 1.165) is 6.54 Å². The molecular formula is C19H22N2. The summed E-state index contributed by atoms with van der Waals surface area (Å²) >= 11 is 0. The molecule has 0 saturated carbocycles. The predicted molar refractivity (Wildman–Crippen MR) is 89.5 cm³/mol. The van der Waals surface area contributed by atoms with E-state index in [-0.39, 0.29) is 0 Å². The lowest BCUT2D eigenvalue weighted by molar-refractivity contribution is 0.574. The van der Waals surface area contributed by atoms with Crippen LogP contribution in [0.5, 0.6) is 0 Å². The molecular weight excluding hydrogens is 256 g/mol. The van der Waals surface area contributed by atoms with Crippen molar-refractivity contribution in [3.63, 3.8) is 0 Å². The number of H-pyrrole nitrogens is 1. The van der Waals surface area contributed by atoms with Gasteiger partial charge in [0.1, 0.15) is 0 Å². The first-order chi connectivity index (χ1) is 10.1. The number of fused-ring (bicyclic) bond motifs is 1. The third-order valence-corrected chi connectivity index (χ3v) is 4.17. The van der Waals surface area contributed by atoms with Gasteiger partial charge in [-0.2, -0.15) is 0 Å².